The summed E-state index contributed by atoms with van der Waals surface area (Å²) in [6.07, 6.45) is 0.862. The number of anilines is 1. The molecule has 1 aliphatic rings. The van der Waals surface area contributed by atoms with E-state index in [9.17, 15) is 19.1 Å². The summed E-state index contributed by atoms with van der Waals surface area (Å²) in [6.45, 7) is 6.27. The number of ketones is 1. The predicted octanol–water partition coefficient (Wildman–Crippen LogP) is 5.86. The smallest absolute Gasteiger partial charge is 0.300 e. The van der Waals surface area contributed by atoms with Crippen LogP contribution < -0.4 is 9.64 Å². The van der Waals surface area contributed by atoms with Gasteiger partial charge in [-0.3, -0.25) is 14.5 Å². The number of aliphatic hydroxyl groups excluding tert-OH is 1. The number of aryl methyl sites for hydroxylation is 2. The van der Waals surface area contributed by atoms with Gasteiger partial charge in [0, 0.05) is 11.3 Å². The van der Waals surface area contributed by atoms with Gasteiger partial charge in [0.15, 0.2) is 0 Å². The summed E-state index contributed by atoms with van der Waals surface area (Å²) in [5.74, 6) is -1.57. The Morgan fingerprint density at radius 2 is 1.71 bits per heavy atom. The number of carbonyl (C=O) groups is 2. The summed E-state index contributed by atoms with van der Waals surface area (Å²) >= 11 is 0. The van der Waals surface area contributed by atoms with Gasteiger partial charge in [-0.05, 0) is 73.4 Å². The third-order valence-electron chi connectivity index (χ3n) is 5.92. The third-order valence-corrected chi connectivity index (χ3v) is 5.92. The number of rotatable bonds is 6. The van der Waals surface area contributed by atoms with E-state index >= 15 is 0 Å². The van der Waals surface area contributed by atoms with Crippen LogP contribution in [-0.4, -0.2) is 23.4 Å². The fraction of sp³-hybridized carbons (Fsp3) is 0.214. The minimum Gasteiger partial charge on any atom is -0.507 e. The molecule has 3 aromatic rings. The highest BCUT2D eigenvalue weighted by molar-refractivity contribution is 6.51. The first-order chi connectivity index (χ1) is 16.3. The van der Waals surface area contributed by atoms with Crippen molar-refractivity contribution in [2.75, 3.05) is 11.5 Å². The average molecular weight is 460 g/mol. The maximum Gasteiger partial charge on any atom is 0.300 e. The lowest BCUT2D eigenvalue weighted by atomic mass is 9.94. The van der Waals surface area contributed by atoms with Crippen LogP contribution in [0, 0.1) is 19.7 Å². The van der Waals surface area contributed by atoms with Gasteiger partial charge in [0.1, 0.15) is 17.3 Å². The van der Waals surface area contributed by atoms with Crippen LogP contribution in [0.15, 0.2) is 72.3 Å². The Labute approximate surface area is 198 Å². The van der Waals surface area contributed by atoms with Crippen molar-refractivity contribution in [3.05, 3.63) is 100 Å². The molecule has 174 valence electrons. The fourth-order valence-corrected chi connectivity index (χ4v) is 4.20. The molecule has 3 aromatic carbocycles. The highest BCUT2D eigenvalue weighted by Crippen LogP contribution is 2.43. The second kappa shape index (κ2) is 9.51. The van der Waals surface area contributed by atoms with Crippen molar-refractivity contribution in [1.82, 2.24) is 0 Å². The Bertz CT molecular complexity index is 1280. The van der Waals surface area contributed by atoms with Crippen LogP contribution in [0.1, 0.15) is 41.6 Å². The van der Waals surface area contributed by atoms with Crippen LogP contribution in [0.4, 0.5) is 10.1 Å². The van der Waals surface area contributed by atoms with E-state index in [-0.39, 0.29) is 11.3 Å². The molecule has 1 unspecified atom stereocenters. The van der Waals surface area contributed by atoms with Gasteiger partial charge >= 0.3 is 0 Å². The SMILES string of the molecule is CCCOc1ccc(/C(O)=C2/C(=O)C(=O)N(c3ccccc3C)C2c2ccc(F)cc2)cc1C. The van der Waals surface area contributed by atoms with Gasteiger partial charge < -0.3 is 9.84 Å². The van der Waals surface area contributed by atoms with Crippen molar-refractivity contribution < 1.29 is 23.8 Å². The van der Waals surface area contributed by atoms with E-state index < -0.39 is 23.5 Å². The number of carbonyl (C=O) groups excluding carboxylic acids is 2. The molecule has 1 saturated heterocycles. The molecule has 0 bridgehead atoms. The summed E-state index contributed by atoms with van der Waals surface area (Å²) in [4.78, 5) is 27.9. The Morgan fingerprint density at radius 1 is 1.00 bits per heavy atom. The van der Waals surface area contributed by atoms with Crippen molar-refractivity contribution >= 4 is 23.1 Å². The molecule has 6 heteroatoms. The topological polar surface area (TPSA) is 66.8 Å². The molecule has 5 nitrogen and oxygen atoms in total. The highest BCUT2D eigenvalue weighted by Gasteiger charge is 2.47. The van der Waals surface area contributed by atoms with Crippen LogP contribution in [0.5, 0.6) is 5.75 Å². The number of hydrogen-bond donors (Lipinski definition) is 1. The Kier molecular flexibility index (Phi) is 6.50. The van der Waals surface area contributed by atoms with Crippen LogP contribution in [0.2, 0.25) is 0 Å². The lowest BCUT2D eigenvalue weighted by molar-refractivity contribution is -0.132. The van der Waals surface area contributed by atoms with Crippen molar-refractivity contribution in [3.63, 3.8) is 0 Å². The minimum absolute atomic E-state index is 0.0403. The van der Waals surface area contributed by atoms with Gasteiger partial charge in [-0.15, -0.1) is 0 Å². The first-order valence-electron chi connectivity index (χ1n) is 11.2. The molecule has 0 spiro atoms. The molecule has 1 amide bonds. The average Bonchev–Trinajstić information content (AvgIpc) is 3.09. The molecule has 1 aliphatic heterocycles. The van der Waals surface area contributed by atoms with E-state index in [0.29, 0.717) is 29.2 Å². The van der Waals surface area contributed by atoms with Crippen LogP contribution in [0.3, 0.4) is 0 Å². The number of nitrogens with zero attached hydrogens (tertiary/aromatic N) is 1. The molecule has 0 aromatic heterocycles. The first-order valence-corrected chi connectivity index (χ1v) is 11.2. The van der Waals surface area contributed by atoms with E-state index in [2.05, 4.69) is 0 Å². The molecule has 1 fully saturated rings. The van der Waals surface area contributed by atoms with E-state index in [1.54, 1.807) is 30.3 Å². The van der Waals surface area contributed by atoms with Crippen molar-refractivity contribution in [1.29, 1.82) is 0 Å². The monoisotopic (exact) mass is 459 g/mol. The third kappa shape index (κ3) is 4.19. The van der Waals surface area contributed by atoms with E-state index in [0.717, 1.165) is 17.5 Å². The van der Waals surface area contributed by atoms with Crippen LogP contribution >= 0.6 is 0 Å². The molecule has 1 N–H and O–H groups in total. The van der Waals surface area contributed by atoms with Gasteiger partial charge in [-0.1, -0.05) is 37.3 Å². The maximum absolute atomic E-state index is 13.7. The summed E-state index contributed by atoms with van der Waals surface area (Å²) in [5.41, 5.74) is 3.02. The largest absolute Gasteiger partial charge is 0.507 e. The zero-order chi connectivity index (χ0) is 24.4. The second-order valence-electron chi connectivity index (χ2n) is 8.34. The molecule has 4 rings (SSSR count). The van der Waals surface area contributed by atoms with Crippen LogP contribution in [-0.2, 0) is 9.59 Å². The van der Waals surface area contributed by atoms with Gasteiger partial charge in [0.05, 0.1) is 18.2 Å². The Hall–Kier alpha value is -3.93. The van der Waals surface area contributed by atoms with E-state index in [4.69, 9.17) is 4.74 Å². The zero-order valence-electron chi connectivity index (χ0n) is 19.3. The summed E-state index contributed by atoms with van der Waals surface area (Å²) in [5, 5.41) is 11.3. The van der Waals surface area contributed by atoms with Gasteiger partial charge in [0.25, 0.3) is 11.7 Å². The summed E-state index contributed by atoms with van der Waals surface area (Å²) < 4.78 is 19.4. The van der Waals surface area contributed by atoms with Crippen LogP contribution in [0.25, 0.3) is 5.76 Å². The number of amides is 1. The number of Topliss-reactive ketones (excluding diaryl/α,β-unsaturated/α-hetero) is 1. The molecule has 0 radical (unpaired) electrons. The fourth-order valence-electron chi connectivity index (χ4n) is 4.20. The van der Waals surface area contributed by atoms with Crippen molar-refractivity contribution in [2.45, 2.75) is 33.2 Å². The Morgan fingerprint density at radius 3 is 2.35 bits per heavy atom. The summed E-state index contributed by atoms with van der Waals surface area (Å²) in [7, 11) is 0. The lowest BCUT2D eigenvalue weighted by Crippen LogP contribution is -2.30. The molecule has 0 saturated carbocycles. The molecule has 1 heterocycles. The molecule has 0 aliphatic carbocycles. The van der Waals surface area contributed by atoms with Crippen molar-refractivity contribution in [2.24, 2.45) is 0 Å². The van der Waals surface area contributed by atoms with Gasteiger partial charge in [-0.25, -0.2) is 4.39 Å². The maximum atomic E-state index is 13.7. The highest BCUT2D eigenvalue weighted by atomic mass is 19.1. The quantitative estimate of drug-likeness (QED) is 0.285. The number of benzene rings is 3. The normalized spacial score (nSPS) is 17.3. The van der Waals surface area contributed by atoms with E-state index in [1.807, 2.05) is 32.9 Å². The molecular formula is C28H26FNO4. The Balaban J connectivity index is 1.89. The number of ether oxygens (including phenoxy) is 1. The minimum atomic E-state index is -0.905. The predicted molar refractivity (Wildman–Crippen MR) is 129 cm³/mol. The zero-order valence-corrected chi connectivity index (χ0v) is 19.3. The lowest BCUT2D eigenvalue weighted by Gasteiger charge is -2.26. The standard InChI is InChI=1S/C28H26FNO4/c1-4-15-34-23-14-11-20(16-18(23)3)26(31)24-25(19-9-12-21(29)13-10-19)30(28(33)27(24)32)22-8-6-5-7-17(22)2/h5-14,16,25,31H,4,15H2,1-3H3/b26-24-. The summed E-state index contributed by atoms with van der Waals surface area (Å²) in [6, 6.07) is 17.0. The molecule has 1 atom stereocenters. The number of aliphatic hydroxyl groups is 1. The number of halogens is 1. The second-order valence-corrected chi connectivity index (χ2v) is 8.34. The van der Waals surface area contributed by atoms with Crippen molar-refractivity contribution in [3.8, 4) is 5.75 Å². The van der Waals surface area contributed by atoms with Gasteiger partial charge in [0.2, 0.25) is 0 Å². The number of hydrogen-bond acceptors (Lipinski definition) is 4. The van der Waals surface area contributed by atoms with Gasteiger partial charge in [-0.2, -0.15) is 0 Å². The molecule has 34 heavy (non-hydrogen) atoms. The molecular weight excluding hydrogens is 433 g/mol. The number of para-hydroxylation sites is 1. The first kappa shape index (κ1) is 23.2. The van der Waals surface area contributed by atoms with E-state index in [1.165, 1.54) is 29.2 Å².